The van der Waals surface area contributed by atoms with Gasteiger partial charge in [-0.25, -0.2) is 4.79 Å². The molecule has 4 aromatic rings. The fraction of sp³-hybridized carbons (Fsp3) is 0.258. The molecule has 1 aromatic heterocycles. The Kier molecular flexibility index (Phi) is 6.42. The number of methoxy groups -OCH3 is 3. The first-order valence-electron chi connectivity index (χ1n) is 13.0. The van der Waals surface area contributed by atoms with Crippen LogP contribution in [-0.4, -0.2) is 66.5 Å². The van der Waals surface area contributed by atoms with E-state index >= 15 is 0 Å². The molecule has 3 aromatic carbocycles. The predicted octanol–water partition coefficient (Wildman–Crippen LogP) is 3.86. The van der Waals surface area contributed by atoms with Gasteiger partial charge in [0.15, 0.2) is 11.5 Å². The first-order chi connectivity index (χ1) is 19.4. The maximum absolute atomic E-state index is 14.0. The van der Waals surface area contributed by atoms with E-state index in [0.717, 1.165) is 33.3 Å². The maximum Gasteiger partial charge on any atom is 0.337 e. The van der Waals surface area contributed by atoms with Crippen molar-refractivity contribution < 1.29 is 28.6 Å². The number of para-hydroxylation sites is 1. The second kappa shape index (κ2) is 10.1. The van der Waals surface area contributed by atoms with Crippen LogP contribution in [0.4, 0.5) is 0 Å². The number of piperazine rings is 1. The molecule has 9 nitrogen and oxygen atoms in total. The molecule has 0 saturated carbocycles. The van der Waals surface area contributed by atoms with Gasteiger partial charge in [-0.1, -0.05) is 36.4 Å². The monoisotopic (exact) mass is 539 g/mol. The molecule has 2 aliphatic heterocycles. The Morgan fingerprint density at radius 1 is 0.950 bits per heavy atom. The highest BCUT2D eigenvalue weighted by Crippen LogP contribution is 2.43. The van der Waals surface area contributed by atoms with Crippen molar-refractivity contribution in [3.8, 4) is 11.5 Å². The largest absolute Gasteiger partial charge is 0.493 e. The molecular formula is C31H29N3O6. The van der Waals surface area contributed by atoms with E-state index in [4.69, 9.17) is 14.2 Å². The third-order valence-corrected chi connectivity index (χ3v) is 7.81. The Labute approximate surface area is 231 Å². The van der Waals surface area contributed by atoms with Crippen LogP contribution in [0.5, 0.6) is 11.5 Å². The SMILES string of the molecule is COC(=O)c1ccc(C2c3[nH]c4ccccc4c3C[C@H]3C(=O)N(Cc4ccc(OC)c(OC)c4)CC(=O)N23)cc1. The normalized spacial score (nSPS) is 18.4. The number of esters is 1. The minimum atomic E-state index is -0.668. The van der Waals surface area contributed by atoms with Gasteiger partial charge in [-0.05, 0) is 47.0 Å². The van der Waals surface area contributed by atoms with Crippen molar-refractivity contribution in [1.29, 1.82) is 0 Å². The quantitative estimate of drug-likeness (QED) is 0.374. The minimum absolute atomic E-state index is 0.0457. The van der Waals surface area contributed by atoms with E-state index in [-0.39, 0.29) is 24.9 Å². The average molecular weight is 540 g/mol. The van der Waals surface area contributed by atoms with Crippen LogP contribution >= 0.6 is 0 Å². The lowest BCUT2D eigenvalue weighted by Gasteiger charge is -2.47. The van der Waals surface area contributed by atoms with Crippen LogP contribution < -0.4 is 9.47 Å². The summed E-state index contributed by atoms with van der Waals surface area (Å²) in [6.45, 7) is 0.227. The van der Waals surface area contributed by atoms with Gasteiger partial charge in [0.25, 0.3) is 0 Å². The van der Waals surface area contributed by atoms with E-state index in [9.17, 15) is 14.4 Å². The van der Waals surface area contributed by atoms with Gasteiger partial charge in [0.1, 0.15) is 12.6 Å². The van der Waals surface area contributed by atoms with Crippen LogP contribution in [0.15, 0.2) is 66.7 Å². The summed E-state index contributed by atoms with van der Waals surface area (Å²) < 4.78 is 15.6. The average Bonchev–Trinajstić information content (AvgIpc) is 3.36. The molecule has 0 bridgehead atoms. The Bertz CT molecular complexity index is 1630. The lowest BCUT2D eigenvalue weighted by molar-refractivity contribution is -0.159. The second-order valence-electron chi connectivity index (χ2n) is 9.98. The molecular weight excluding hydrogens is 510 g/mol. The predicted molar refractivity (Wildman–Crippen MR) is 147 cm³/mol. The van der Waals surface area contributed by atoms with Crippen LogP contribution in [0.3, 0.4) is 0 Å². The van der Waals surface area contributed by atoms with Gasteiger partial charge in [0.05, 0.1) is 32.9 Å². The molecule has 9 heteroatoms. The number of nitrogens with one attached hydrogen (secondary N) is 1. The van der Waals surface area contributed by atoms with Crippen molar-refractivity contribution in [2.75, 3.05) is 27.9 Å². The van der Waals surface area contributed by atoms with Gasteiger partial charge in [0, 0.05) is 29.6 Å². The summed E-state index contributed by atoms with van der Waals surface area (Å²) in [5.41, 5.74) is 4.92. The van der Waals surface area contributed by atoms with E-state index in [1.165, 1.54) is 7.11 Å². The number of hydrogen-bond donors (Lipinski definition) is 1. The van der Waals surface area contributed by atoms with Gasteiger partial charge >= 0.3 is 5.97 Å². The van der Waals surface area contributed by atoms with Crippen LogP contribution in [0, 0.1) is 0 Å². The van der Waals surface area contributed by atoms with E-state index < -0.39 is 18.1 Å². The number of rotatable bonds is 6. The third kappa shape index (κ3) is 4.14. The lowest BCUT2D eigenvalue weighted by Crippen LogP contribution is -2.62. The van der Waals surface area contributed by atoms with Crippen molar-refractivity contribution in [3.63, 3.8) is 0 Å². The van der Waals surface area contributed by atoms with Crippen LogP contribution in [0.25, 0.3) is 10.9 Å². The van der Waals surface area contributed by atoms with Gasteiger partial charge in [0.2, 0.25) is 11.8 Å². The van der Waals surface area contributed by atoms with Gasteiger partial charge in [-0.3, -0.25) is 9.59 Å². The van der Waals surface area contributed by atoms with Crippen LogP contribution in [-0.2, 0) is 27.3 Å². The third-order valence-electron chi connectivity index (χ3n) is 7.81. The zero-order chi connectivity index (χ0) is 28.0. The van der Waals surface area contributed by atoms with Crippen molar-refractivity contribution >= 4 is 28.7 Å². The highest BCUT2D eigenvalue weighted by Gasteiger charge is 2.48. The number of aromatic amines is 1. The molecule has 40 heavy (non-hydrogen) atoms. The molecule has 3 heterocycles. The number of ether oxygens (including phenoxy) is 3. The van der Waals surface area contributed by atoms with Crippen LogP contribution in [0.2, 0.25) is 0 Å². The first-order valence-corrected chi connectivity index (χ1v) is 13.0. The summed E-state index contributed by atoms with van der Waals surface area (Å²) in [6.07, 6.45) is 0.406. The standard InChI is InChI=1S/C31H29N3O6/c1-38-25-13-8-18(14-26(25)39-2)16-33-17-27(35)34-24(30(33)36)15-22-21-6-4-5-7-23(21)32-28(22)29(34)19-9-11-20(12-10-19)31(37)40-3/h4-14,24,29,32H,15-17H2,1-3H3/t24-,29?/m0/s1. The molecule has 0 radical (unpaired) electrons. The summed E-state index contributed by atoms with van der Waals surface area (Å²) in [5.74, 6) is 0.472. The first kappa shape index (κ1) is 25.5. The van der Waals surface area contributed by atoms with Crippen LogP contribution in [0.1, 0.15) is 38.8 Å². The van der Waals surface area contributed by atoms with E-state index in [1.807, 2.05) is 48.5 Å². The van der Waals surface area contributed by atoms with Crippen molar-refractivity contribution in [2.45, 2.75) is 25.0 Å². The molecule has 1 saturated heterocycles. The second-order valence-corrected chi connectivity index (χ2v) is 9.98. The maximum atomic E-state index is 14.0. The summed E-state index contributed by atoms with van der Waals surface area (Å²) in [4.78, 5) is 46.7. The topological polar surface area (TPSA) is 101 Å². The Hall–Kier alpha value is -4.79. The summed E-state index contributed by atoms with van der Waals surface area (Å²) >= 11 is 0. The zero-order valence-corrected chi connectivity index (χ0v) is 22.5. The van der Waals surface area contributed by atoms with Crippen molar-refractivity contribution in [1.82, 2.24) is 14.8 Å². The number of hydrogen-bond acceptors (Lipinski definition) is 6. The number of aromatic nitrogens is 1. The Morgan fingerprint density at radius 3 is 2.42 bits per heavy atom. The molecule has 1 unspecified atom stereocenters. The number of amides is 2. The van der Waals surface area contributed by atoms with Gasteiger partial charge < -0.3 is 29.0 Å². The molecule has 204 valence electrons. The molecule has 1 fully saturated rings. The van der Waals surface area contributed by atoms with Crippen molar-refractivity contribution in [2.24, 2.45) is 0 Å². The molecule has 2 amide bonds. The Balaban J connectivity index is 1.39. The molecule has 6 rings (SSSR count). The fourth-order valence-electron chi connectivity index (χ4n) is 5.92. The number of nitrogens with zero attached hydrogens (tertiary/aromatic N) is 2. The highest BCUT2D eigenvalue weighted by atomic mass is 16.5. The molecule has 2 aliphatic rings. The number of H-pyrrole nitrogens is 1. The minimum Gasteiger partial charge on any atom is -0.493 e. The van der Waals surface area contributed by atoms with Crippen molar-refractivity contribution in [3.05, 3.63) is 94.7 Å². The molecule has 2 atom stereocenters. The summed E-state index contributed by atoms with van der Waals surface area (Å²) in [5, 5.41) is 1.03. The number of benzene rings is 3. The molecule has 0 spiro atoms. The Morgan fingerprint density at radius 2 is 1.70 bits per heavy atom. The lowest BCUT2D eigenvalue weighted by atomic mass is 9.86. The van der Waals surface area contributed by atoms with E-state index in [0.29, 0.717) is 23.5 Å². The smallest absolute Gasteiger partial charge is 0.337 e. The summed E-state index contributed by atoms with van der Waals surface area (Å²) in [6, 6.07) is 19.3. The zero-order valence-electron chi connectivity index (χ0n) is 22.5. The highest BCUT2D eigenvalue weighted by molar-refractivity contribution is 5.97. The number of fused-ring (bicyclic) bond motifs is 4. The van der Waals surface area contributed by atoms with E-state index in [2.05, 4.69) is 4.98 Å². The molecule has 0 aliphatic carbocycles. The molecule has 1 N–H and O–H groups in total. The fourth-order valence-corrected chi connectivity index (χ4v) is 5.92. The number of carbonyl (C=O) groups is 3. The van der Waals surface area contributed by atoms with Gasteiger partial charge in [-0.2, -0.15) is 0 Å². The van der Waals surface area contributed by atoms with E-state index in [1.54, 1.807) is 42.2 Å². The summed E-state index contributed by atoms with van der Waals surface area (Å²) in [7, 11) is 4.47. The van der Waals surface area contributed by atoms with Gasteiger partial charge in [-0.15, -0.1) is 0 Å². The number of carbonyl (C=O) groups excluding carboxylic acids is 3.